The highest BCUT2D eigenvalue weighted by Gasteiger charge is 2.45. The summed E-state index contributed by atoms with van der Waals surface area (Å²) in [4.78, 5) is 35.9. The number of fused-ring (bicyclic) bond motifs is 2. The van der Waals surface area contributed by atoms with Crippen LogP contribution in [0.1, 0.15) is 58.5 Å². The molecule has 3 atom stereocenters. The second-order valence-corrected chi connectivity index (χ2v) is 11.1. The maximum atomic E-state index is 14.2. The number of carbonyl (C=O) groups excluding carboxylic acids is 2. The Kier molecular flexibility index (Phi) is 7.46. The molecule has 218 valence electrons. The van der Waals surface area contributed by atoms with E-state index in [0.29, 0.717) is 17.4 Å². The molecule has 2 aromatic heterocycles. The number of ether oxygens (including phenoxy) is 1. The number of nitrogens with one attached hydrogen (secondary N) is 2. The number of thiazole rings is 1. The molecule has 16 heteroatoms. The molecule has 0 spiro atoms. The summed E-state index contributed by atoms with van der Waals surface area (Å²) in [6.07, 6.45) is -7.05. The Bertz CT molecular complexity index is 1280. The molecule has 5 heterocycles. The third-order valence-corrected chi connectivity index (χ3v) is 8.48. The molecule has 3 saturated heterocycles. The van der Waals surface area contributed by atoms with Gasteiger partial charge in [0, 0.05) is 23.8 Å². The molecule has 0 radical (unpaired) electrons. The van der Waals surface area contributed by atoms with Crippen LogP contribution in [0, 0.1) is 0 Å². The molecule has 0 aromatic carbocycles. The largest absolute Gasteiger partial charge is 0.417 e. The average molecular weight is 594 g/mol. The fraction of sp³-hybridized carbons (Fsp3) is 0.583. The first-order valence-corrected chi connectivity index (χ1v) is 13.4. The van der Waals surface area contributed by atoms with Crippen molar-refractivity contribution in [3.05, 3.63) is 28.5 Å². The maximum absolute atomic E-state index is 14.2. The monoisotopic (exact) mass is 593 g/mol. The minimum Gasteiger partial charge on any atom is -0.388 e. The van der Waals surface area contributed by atoms with E-state index in [2.05, 4.69) is 15.3 Å². The lowest BCUT2D eigenvalue weighted by molar-refractivity contribution is -0.138. The predicted octanol–water partition coefficient (Wildman–Crippen LogP) is 3.84. The van der Waals surface area contributed by atoms with E-state index in [1.54, 1.807) is 4.90 Å². The van der Waals surface area contributed by atoms with Crippen LogP contribution in [0.25, 0.3) is 10.4 Å². The second-order valence-electron chi connectivity index (χ2n) is 10.1. The van der Waals surface area contributed by atoms with Crippen LogP contribution in [-0.2, 0) is 10.9 Å². The Morgan fingerprint density at radius 2 is 1.77 bits per heavy atom. The number of aliphatic hydroxyl groups excluding tert-OH is 1. The molecule has 0 aliphatic carbocycles. The van der Waals surface area contributed by atoms with Gasteiger partial charge in [-0.05, 0) is 38.7 Å². The van der Waals surface area contributed by atoms with Gasteiger partial charge in [-0.25, -0.2) is 9.97 Å². The van der Waals surface area contributed by atoms with Gasteiger partial charge in [0.1, 0.15) is 17.6 Å². The van der Waals surface area contributed by atoms with Crippen molar-refractivity contribution in [2.24, 2.45) is 0 Å². The standard InChI is InChI=1S/C24H25F6N5O4S/c1-10(23(25,26)27)32-17-6-14(24(28,29)30)13(7-31-17)19-18(22(38)35-11-2-3-12(35)5-4-11)34-21(40-19)20(37)33-15-8-39-9-16(15)36/h6-7,10-12,15-16,36H,2-5,8-9H2,1H3,(H,31,32)(H,33,37)/t10-,11?,12?,15-,16-/m0/s1. The summed E-state index contributed by atoms with van der Waals surface area (Å²) in [5, 5.41) is 14.1. The second kappa shape index (κ2) is 10.4. The summed E-state index contributed by atoms with van der Waals surface area (Å²) >= 11 is 0.536. The Morgan fingerprint density at radius 1 is 1.12 bits per heavy atom. The van der Waals surface area contributed by atoms with Gasteiger partial charge in [0.05, 0.1) is 35.8 Å². The van der Waals surface area contributed by atoms with Gasteiger partial charge in [-0.2, -0.15) is 26.3 Å². The van der Waals surface area contributed by atoms with E-state index in [1.807, 2.05) is 5.32 Å². The lowest BCUT2D eigenvalue weighted by atomic mass is 10.0. The van der Waals surface area contributed by atoms with Crippen LogP contribution >= 0.6 is 11.3 Å². The number of alkyl halides is 6. The van der Waals surface area contributed by atoms with Crippen LogP contribution in [0.15, 0.2) is 12.3 Å². The van der Waals surface area contributed by atoms with Gasteiger partial charge < -0.3 is 25.4 Å². The summed E-state index contributed by atoms with van der Waals surface area (Å²) in [7, 11) is 0. The topological polar surface area (TPSA) is 117 Å². The van der Waals surface area contributed by atoms with Crippen molar-refractivity contribution in [3.63, 3.8) is 0 Å². The number of hydrogen-bond acceptors (Lipinski definition) is 8. The van der Waals surface area contributed by atoms with Gasteiger partial charge in [0.2, 0.25) is 0 Å². The van der Waals surface area contributed by atoms with Crippen LogP contribution in [0.4, 0.5) is 32.2 Å². The molecule has 5 rings (SSSR count). The van der Waals surface area contributed by atoms with Gasteiger partial charge in [-0.1, -0.05) is 0 Å². The van der Waals surface area contributed by atoms with Crippen molar-refractivity contribution < 1.29 is 45.8 Å². The Hall–Kier alpha value is -2.98. The van der Waals surface area contributed by atoms with Crippen molar-refractivity contribution in [2.75, 3.05) is 18.5 Å². The molecule has 3 N–H and O–H groups in total. The number of aromatic nitrogens is 2. The lowest BCUT2D eigenvalue weighted by Crippen LogP contribution is -2.42. The Balaban J connectivity index is 1.56. The van der Waals surface area contributed by atoms with Crippen molar-refractivity contribution in [1.29, 1.82) is 0 Å². The SMILES string of the molecule is C[C@H](Nc1cc(C(F)(F)F)c(-c2sc(C(=O)N[C@H]3COC[C@@H]3O)nc2C(=O)N2C3CCC2CC3)cn1)C(F)(F)F. The smallest absolute Gasteiger partial charge is 0.388 e. The minimum absolute atomic E-state index is 0.0104. The molecule has 2 aromatic rings. The zero-order chi connectivity index (χ0) is 29.0. The van der Waals surface area contributed by atoms with Gasteiger partial charge in [-0.15, -0.1) is 11.3 Å². The van der Waals surface area contributed by atoms with Crippen molar-refractivity contribution in [2.45, 2.75) is 75.2 Å². The number of aliphatic hydroxyl groups is 1. The van der Waals surface area contributed by atoms with E-state index in [9.17, 15) is 41.0 Å². The predicted molar refractivity (Wildman–Crippen MR) is 130 cm³/mol. The Labute approximate surface area is 227 Å². The molecule has 3 aliphatic heterocycles. The molecule has 2 amide bonds. The maximum Gasteiger partial charge on any atom is 0.417 e. The molecule has 9 nitrogen and oxygen atoms in total. The Morgan fingerprint density at radius 3 is 2.33 bits per heavy atom. The molecule has 3 fully saturated rings. The summed E-state index contributed by atoms with van der Waals surface area (Å²) < 4.78 is 86.8. The number of carbonyl (C=O) groups is 2. The number of hydrogen-bond donors (Lipinski definition) is 3. The van der Waals surface area contributed by atoms with Crippen LogP contribution in [-0.4, -0.2) is 81.5 Å². The van der Waals surface area contributed by atoms with Crippen LogP contribution in [0.2, 0.25) is 0 Å². The quantitative estimate of drug-likeness (QED) is 0.436. The average Bonchev–Trinajstić information content (AvgIpc) is 3.67. The molecular weight excluding hydrogens is 568 g/mol. The van der Waals surface area contributed by atoms with Crippen LogP contribution < -0.4 is 10.6 Å². The van der Waals surface area contributed by atoms with Gasteiger partial charge in [0.25, 0.3) is 11.8 Å². The number of amides is 2. The third kappa shape index (κ3) is 5.48. The highest BCUT2D eigenvalue weighted by Crippen LogP contribution is 2.44. The van der Waals surface area contributed by atoms with Crippen molar-refractivity contribution in [1.82, 2.24) is 20.2 Å². The molecule has 0 unspecified atom stereocenters. The highest BCUT2D eigenvalue weighted by atomic mass is 32.1. The summed E-state index contributed by atoms with van der Waals surface area (Å²) in [6.45, 7) is 0.745. The summed E-state index contributed by atoms with van der Waals surface area (Å²) in [6, 6.07) is -2.70. The number of nitrogens with zero attached hydrogens (tertiary/aromatic N) is 3. The van der Waals surface area contributed by atoms with Crippen molar-refractivity contribution >= 4 is 29.0 Å². The summed E-state index contributed by atoms with van der Waals surface area (Å²) in [5.41, 5.74) is -2.30. The third-order valence-electron chi connectivity index (χ3n) is 7.39. The lowest BCUT2D eigenvalue weighted by Gasteiger charge is -2.22. The van der Waals surface area contributed by atoms with E-state index >= 15 is 0 Å². The first-order valence-electron chi connectivity index (χ1n) is 12.5. The van der Waals surface area contributed by atoms with E-state index in [0.717, 1.165) is 38.8 Å². The first-order chi connectivity index (χ1) is 18.7. The van der Waals surface area contributed by atoms with Crippen LogP contribution in [0.3, 0.4) is 0 Å². The van der Waals surface area contributed by atoms with E-state index in [-0.39, 0.29) is 40.9 Å². The minimum atomic E-state index is -5.04. The number of anilines is 1. The zero-order valence-corrected chi connectivity index (χ0v) is 21.8. The fourth-order valence-corrected chi connectivity index (χ4v) is 6.26. The molecule has 3 aliphatic rings. The normalized spacial score (nSPS) is 25.4. The first kappa shape index (κ1) is 28.5. The molecule has 40 heavy (non-hydrogen) atoms. The fourth-order valence-electron chi connectivity index (χ4n) is 5.28. The van der Waals surface area contributed by atoms with E-state index in [4.69, 9.17) is 4.74 Å². The van der Waals surface area contributed by atoms with Gasteiger partial charge >= 0.3 is 12.4 Å². The van der Waals surface area contributed by atoms with Gasteiger partial charge in [-0.3, -0.25) is 9.59 Å². The summed E-state index contributed by atoms with van der Waals surface area (Å²) in [5.74, 6) is -2.10. The van der Waals surface area contributed by atoms with E-state index in [1.165, 1.54) is 0 Å². The highest BCUT2D eigenvalue weighted by molar-refractivity contribution is 7.17. The number of rotatable bonds is 6. The van der Waals surface area contributed by atoms with E-state index < -0.39 is 59.3 Å². The zero-order valence-electron chi connectivity index (χ0n) is 21.0. The van der Waals surface area contributed by atoms with Gasteiger partial charge in [0.15, 0.2) is 5.01 Å². The number of halogens is 6. The van der Waals surface area contributed by atoms with Crippen LogP contribution in [0.5, 0.6) is 0 Å². The molecule has 0 saturated carbocycles. The van der Waals surface area contributed by atoms with Crippen molar-refractivity contribution in [3.8, 4) is 10.4 Å². The molecular formula is C24H25F6N5O4S. The number of pyridine rings is 1. The molecule has 2 bridgehead atoms.